The van der Waals surface area contributed by atoms with Crippen LogP contribution in [0.1, 0.15) is 69.5 Å². The first-order valence-corrected chi connectivity index (χ1v) is 9.52. The maximum Gasteiger partial charge on any atom is 0.186 e. The Hall–Kier alpha value is -0.610. The molecule has 0 amide bonds. The first-order valence-electron chi connectivity index (χ1n) is 8.70. The number of nitrogens with zero attached hydrogens (tertiary/aromatic N) is 2. The monoisotopic (exact) mass is 307 g/mol. The third kappa shape index (κ3) is 3.11. The molecule has 1 aliphatic carbocycles. The van der Waals surface area contributed by atoms with Gasteiger partial charge in [0, 0.05) is 17.5 Å². The highest BCUT2D eigenvalue weighted by Gasteiger charge is 2.30. The van der Waals surface area contributed by atoms with Crippen molar-refractivity contribution < 1.29 is 0 Å². The van der Waals surface area contributed by atoms with Crippen LogP contribution in [0.15, 0.2) is 0 Å². The molecule has 118 valence electrons. The summed E-state index contributed by atoms with van der Waals surface area (Å²) in [5, 5.41) is 4.97. The van der Waals surface area contributed by atoms with E-state index in [0.717, 1.165) is 12.5 Å². The first-order chi connectivity index (χ1) is 10.2. The number of hydrogen-bond acceptors (Lipinski definition) is 4. The molecule has 3 rings (SSSR count). The summed E-state index contributed by atoms with van der Waals surface area (Å²) < 4.78 is 0. The fourth-order valence-electron chi connectivity index (χ4n) is 3.65. The largest absolute Gasteiger partial charge is 0.345 e. The van der Waals surface area contributed by atoms with E-state index in [9.17, 15) is 0 Å². The molecule has 0 bridgehead atoms. The SMILES string of the molecule is CCCNC1CCCc2sc(N3CCCC(C)C3C)nc21. The number of thiazole rings is 1. The zero-order chi connectivity index (χ0) is 14.8. The molecule has 2 aliphatic rings. The van der Waals surface area contributed by atoms with Crippen molar-refractivity contribution in [2.75, 3.05) is 18.0 Å². The third-order valence-electron chi connectivity index (χ3n) is 5.20. The molecule has 1 aliphatic heterocycles. The average Bonchev–Trinajstić information content (AvgIpc) is 2.92. The minimum Gasteiger partial charge on any atom is -0.345 e. The Kier molecular flexibility index (Phi) is 4.85. The van der Waals surface area contributed by atoms with Gasteiger partial charge in [-0.25, -0.2) is 4.98 Å². The molecular weight excluding hydrogens is 278 g/mol. The molecule has 21 heavy (non-hydrogen) atoms. The number of aromatic nitrogens is 1. The van der Waals surface area contributed by atoms with Gasteiger partial charge in [0.15, 0.2) is 5.13 Å². The molecule has 3 nitrogen and oxygen atoms in total. The van der Waals surface area contributed by atoms with E-state index in [1.165, 1.54) is 60.8 Å². The van der Waals surface area contributed by atoms with Crippen molar-refractivity contribution in [3.05, 3.63) is 10.6 Å². The van der Waals surface area contributed by atoms with Crippen LogP contribution in [0.2, 0.25) is 0 Å². The van der Waals surface area contributed by atoms with Gasteiger partial charge in [-0.15, -0.1) is 11.3 Å². The van der Waals surface area contributed by atoms with Crippen molar-refractivity contribution in [3.63, 3.8) is 0 Å². The van der Waals surface area contributed by atoms with Crippen LogP contribution < -0.4 is 10.2 Å². The zero-order valence-corrected chi connectivity index (χ0v) is 14.5. The maximum absolute atomic E-state index is 5.08. The number of rotatable bonds is 4. The van der Waals surface area contributed by atoms with Gasteiger partial charge in [0.2, 0.25) is 0 Å². The second kappa shape index (κ2) is 6.66. The lowest BCUT2D eigenvalue weighted by Crippen LogP contribution is -2.42. The molecule has 3 atom stereocenters. The predicted molar refractivity (Wildman–Crippen MR) is 91.3 cm³/mol. The van der Waals surface area contributed by atoms with E-state index in [-0.39, 0.29) is 0 Å². The normalized spacial score (nSPS) is 29.5. The number of piperidine rings is 1. The van der Waals surface area contributed by atoms with Crippen LogP contribution in [-0.2, 0) is 6.42 Å². The first kappa shape index (κ1) is 15.3. The van der Waals surface area contributed by atoms with E-state index in [1.54, 1.807) is 0 Å². The third-order valence-corrected chi connectivity index (χ3v) is 6.37. The highest BCUT2D eigenvalue weighted by molar-refractivity contribution is 7.15. The highest BCUT2D eigenvalue weighted by atomic mass is 32.1. The zero-order valence-electron chi connectivity index (χ0n) is 13.7. The number of fused-ring (bicyclic) bond motifs is 1. The van der Waals surface area contributed by atoms with E-state index in [4.69, 9.17) is 4.98 Å². The van der Waals surface area contributed by atoms with Crippen molar-refractivity contribution in [2.45, 2.75) is 71.4 Å². The molecule has 2 heterocycles. The Labute approximate surface area is 133 Å². The minimum absolute atomic E-state index is 0.497. The van der Waals surface area contributed by atoms with Crippen molar-refractivity contribution >= 4 is 16.5 Å². The van der Waals surface area contributed by atoms with Crippen LogP contribution in [0.3, 0.4) is 0 Å². The molecule has 1 saturated heterocycles. The van der Waals surface area contributed by atoms with E-state index >= 15 is 0 Å². The predicted octanol–water partition coefficient (Wildman–Crippen LogP) is 4.14. The summed E-state index contributed by atoms with van der Waals surface area (Å²) in [5.41, 5.74) is 1.36. The van der Waals surface area contributed by atoms with Crippen LogP contribution in [0, 0.1) is 5.92 Å². The van der Waals surface area contributed by atoms with Crippen LogP contribution in [0.25, 0.3) is 0 Å². The summed E-state index contributed by atoms with van der Waals surface area (Å²) in [4.78, 5) is 9.18. The van der Waals surface area contributed by atoms with Crippen molar-refractivity contribution in [3.8, 4) is 0 Å². The number of hydrogen-bond donors (Lipinski definition) is 1. The Balaban J connectivity index is 1.80. The van der Waals surface area contributed by atoms with Gasteiger partial charge >= 0.3 is 0 Å². The quantitative estimate of drug-likeness (QED) is 0.906. The van der Waals surface area contributed by atoms with Gasteiger partial charge in [-0.05, 0) is 57.9 Å². The van der Waals surface area contributed by atoms with Gasteiger partial charge in [0.1, 0.15) is 0 Å². The van der Waals surface area contributed by atoms with Gasteiger partial charge in [0.25, 0.3) is 0 Å². The van der Waals surface area contributed by atoms with Crippen LogP contribution in [0.4, 0.5) is 5.13 Å². The lowest BCUT2D eigenvalue weighted by molar-refractivity contribution is 0.363. The summed E-state index contributed by atoms with van der Waals surface area (Å²) in [6.45, 7) is 9.28. The van der Waals surface area contributed by atoms with Gasteiger partial charge < -0.3 is 10.2 Å². The number of aryl methyl sites for hydroxylation is 1. The summed E-state index contributed by atoms with van der Waals surface area (Å²) in [6.07, 6.45) is 7.67. The molecule has 1 aromatic heterocycles. The highest BCUT2D eigenvalue weighted by Crippen LogP contribution is 2.39. The lowest BCUT2D eigenvalue weighted by Gasteiger charge is -2.37. The van der Waals surface area contributed by atoms with Crippen LogP contribution in [-0.4, -0.2) is 24.1 Å². The molecule has 0 aromatic carbocycles. The Morgan fingerprint density at radius 2 is 2.14 bits per heavy atom. The number of anilines is 1. The van der Waals surface area contributed by atoms with Crippen molar-refractivity contribution in [1.29, 1.82) is 0 Å². The van der Waals surface area contributed by atoms with E-state index in [2.05, 4.69) is 31.0 Å². The molecular formula is C17H29N3S. The second-order valence-corrected chi connectivity index (χ2v) is 7.82. The van der Waals surface area contributed by atoms with Crippen molar-refractivity contribution in [2.24, 2.45) is 5.92 Å². The summed E-state index contributed by atoms with van der Waals surface area (Å²) >= 11 is 1.96. The fraction of sp³-hybridized carbons (Fsp3) is 0.824. The standard InChI is InChI=1S/C17H29N3S/c1-4-10-18-14-8-5-9-15-16(14)19-17(21-15)20-11-6-7-12(2)13(20)3/h12-14,18H,4-11H2,1-3H3. The lowest BCUT2D eigenvalue weighted by atomic mass is 9.92. The molecule has 0 radical (unpaired) electrons. The summed E-state index contributed by atoms with van der Waals surface area (Å²) in [5.74, 6) is 0.786. The van der Waals surface area contributed by atoms with E-state index < -0.39 is 0 Å². The molecule has 1 fully saturated rings. The molecule has 0 spiro atoms. The average molecular weight is 308 g/mol. The minimum atomic E-state index is 0.497. The van der Waals surface area contributed by atoms with Gasteiger partial charge in [0.05, 0.1) is 11.7 Å². The molecule has 3 unspecified atom stereocenters. The number of nitrogens with one attached hydrogen (secondary N) is 1. The fourth-order valence-corrected chi connectivity index (χ4v) is 4.93. The van der Waals surface area contributed by atoms with Gasteiger partial charge in [-0.2, -0.15) is 0 Å². The van der Waals surface area contributed by atoms with Gasteiger partial charge in [-0.1, -0.05) is 13.8 Å². The van der Waals surface area contributed by atoms with Crippen LogP contribution >= 0.6 is 11.3 Å². The molecule has 0 saturated carbocycles. The molecule has 4 heteroatoms. The molecule has 1 aromatic rings. The maximum atomic E-state index is 5.08. The van der Waals surface area contributed by atoms with E-state index in [1.807, 2.05) is 11.3 Å². The van der Waals surface area contributed by atoms with Crippen molar-refractivity contribution in [1.82, 2.24) is 10.3 Å². The van der Waals surface area contributed by atoms with E-state index in [0.29, 0.717) is 12.1 Å². The smallest absolute Gasteiger partial charge is 0.186 e. The molecule has 1 N–H and O–H groups in total. The van der Waals surface area contributed by atoms with Gasteiger partial charge in [-0.3, -0.25) is 0 Å². The summed E-state index contributed by atoms with van der Waals surface area (Å²) in [7, 11) is 0. The Bertz CT molecular complexity index is 471. The second-order valence-electron chi connectivity index (χ2n) is 6.76. The topological polar surface area (TPSA) is 28.2 Å². The summed E-state index contributed by atoms with van der Waals surface area (Å²) in [6, 6.07) is 1.13. The Morgan fingerprint density at radius 1 is 1.29 bits per heavy atom. The Morgan fingerprint density at radius 3 is 2.95 bits per heavy atom. The van der Waals surface area contributed by atoms with Crippen LogP contribution in [0.5, 0.6) is 0 Å².